The first-order valence-electron chi connectivity index (χ1n) is 15.2. The second-order valence-corrected chi connectivity index (χ2v) is 15.0. The summed E-state index contributed by atoms with van der Waals surface area (Å²) in [6, 6.07) is 34.8. The SMILES string of the molecule is Cc1ccccc1-c1cccc(-c2cc(C(Cc3ccc(C(=O)NCCS(C)(=O)=O)cc3)c3ccc(C(C)(C)C)cc3)no2)c1. The van der Waals surface area contributed by atoms with Crippen LogP contribution in [-0.2, 0) is 21.7 Å². The maximum absolute atomic E-state index is 12.6. The van der Waals surface area contributed by atoms with E-state index in [-0.39, 0.29) is 29.5 Å². The van der Waals surface area contributed by atoms with Crippen LogP contribution in [0.2, 0.25) is 0 Å². The van der Waals surface area contributed by atoms with Crippen molar-refractivity contribution in [3.8, 4) is 22.5 Å². The number of carbonyl (C=O) groups excluding carboxylic acids is 1. The Morgan fingerprint density at radius 2 is 1.56 bits per heavy atom. The molecule has 1 heterocycles. The average molecular weight is 621 g/mol. The highest BCUT2D eigenvalue weighted by Crippen LogP contribution is 2.34. The Kier molecular flexibility index (Phi) is 9.40. The summed E-state index contributed by atoms with van der Waals surface area (Å²) in [7, 11) is -3.15. The van der Waals surface area contributed by atoms with Crippen LogP contribution in [0.15, 0.2) is 108 Å². The molecule has 1 amide bonds. The van der Waals surface area contributed by atoms with E-state index in [0.29, 0.717) is 17.7 Å². The third-order valence-electron chi connectivity index (χ3n) is 8.08. The summed E-state index contributed by atoms with van der Waals surface area (Å²) in [6.07, 6.45) is 1.81. The van der Waals surface area contributed by atoms with Gasteiger partial charge >= 0.3 is 0 Å². The monoisotopic (exact) mass is 620 g/mol. The molecular formula is C38H40N2O4S. The number of sulfone groups is 1. The van der Waals surface area contributed by atoms with Crippen LogP contribution >= 0.6 is 0 Å². The zero-order valence-corrected chi connectivity index (χ0v) is 27.3. The van der Waals surface area contributed by atoms with Crippen LogP contribution in [-0.4, -0.2) is 38.0 Å². The van der Waals surface area contributed by atoms with Gasteiger partial charge in [-0.3, -0.25) is 4.79 Å². The largest absolute Gasteiger partial charge is 0.356 e. The molecule has 0 aliphatic heterocycles. The minimum absolute atomic E-state index is 0.0366. The highest BCUT2D eigenvalue weighted by molar-refractivity contribution is 7.90. The van der Waals surface area contributed by atoms with E-state index in [1.165, 1.54) is 16.7 Å². The molecule has 0 fully saturated rings. The van der Waals surface area contributed by atoms with E-state index in [0.717, 1.165) is 34.2 Å². The first kappa shape index (κ1) is 31.9. The van der Waals surface area contributed by atoms with Crippen LogP contribution in [0, 0.1) is 6.92 Å². The first-order valence-corrected chi connectivity index (χ1v) is 17.2. The lowest BCUT2D eigenvalue weighted by atomic mass is 9.83. The molecule has 6 nitrogen and oxygen atoms in total. The first-order chi connectivity index (χ1) is 21.4. The van der Waals surface area contributed by atoms with Crippen LogP contribution in [0.5, 0.6) is 0 Å². The molecule has 0 aliphatic rings. The quantitative estimate of drug-likeness (QED) is 0.172. The topological polar surface area (TPSA) is 89.3 Å². The molecule has 1 atom stereocenters. The van der Waals surface area contributed by atoms with Gasteiger partial charge < -0.3 is 9.84 Å². The zero-order chi connectivity index (χ0) is 32.2. The van der Waals surface area contributed by atoms with Crippen molar-refractivity contribution in [1.82, 2.24) is 10.5 Å². The molecule has 0 saturated heterocycles. The summed E-state index contributed by atoms with van der Waals surface area (Å²) in [4.78, 5) is 12.6. The zero-order valence-electron chi connectivity index (χ0n) is 26.5. The van der Waals surface area contributed by atoms with Crippen molar-refractivity contribution in [2.75, 3.05) is 18.6 Å². The number of nitrogens with zero attached hydrogens (tertiary/aromatic N) is 1. The molecule has 4 aromatic carbocycles. The molecule has 45 heavy (non-hydrogen) atoms. The van der Waals surface area contributed by atoms with Gasteiger partial charge in [0.1, 0.15) is 9.84 Å². The van der Waals surface area contributed by atoms with Crippen LogP contribution in [0.3, 0.4) is 0 Å². The predicted molar refractivity (Wildman–Crippen MR) is 181 cm³/mol. The minimum Gasteiger partial charge on any atom is -0.356 e. The van der Waals surface area contributed by atoms with Gasteiger partial charge in [0.2, 0.25) is 0 Å². The highest BCUT2D eigenvalue weighted by atomic mass is 32.2. The second-order valence-electron chi connectivity index (χ2n) is 12.7. The molecule has 1 aromatic heterocycles. The highest BCUT2D eigenvalue weighted by Gasteiger charge is 2.22. The van der Waals surface area contributed by atoms with Gasteiger partial charge in [0.25, 0.3) is 5.91 Å². The predicted octanol–water partition coefficient (Wildman–Crippen LogP) is 7.76. The van der Waals surface area contributed by atoms with Crippen LogP contribution in [0.4, 0.5) is 0 Å². The fraction of sp³-hybridized carbons (Fsp3) is 0.263. The maximum atomic E-state index is 12.6. The summed E-state index contributed by atoms with van der Waals surface area (Å²) in [5.74, 6) is 0.236. The van der Waals surface area contributed by atoms with E-state index in [2.05, 4.69) is 92.8 Å². The molecule has 1 unspecified atom stereocenters. The molecule has 5 rings (SSSR count). The number of hydrogen-bond donors (Lipinski definition) is 1. The van der Waals surface area contributed by atoms with Crippen LogP contribution in [0.25, 0.3) is 22.5 Å². The molecule has 1 N–H and O–H groups in total. The van der Waals surface area contributed by atoms with Crippen molar-refractivity contribution in [2.24, 2.45) is 0 Å². The molecule has 5 aromatic rings. The number of amides is 1. The smallest absolute Gasteiger partial charge is 0.251 e. The van der Waals surface area contributed by atoms with Gasteiger partial charge in [-0.25, -0.2) is 8.42 Å². The van der Waals surface area contributed by atoms with E-state index < -0.39 is 9.84 Å². The Morgan fingerprint density at radius 3 is 2.22 bits per heavy atom. The molecule has 0 aliphatic carbocycles. The summed E-state index contributed by atoms with van der Waals surface area (Å²) in [5, 5.41) is 7.25. The number of benzene rings is 4. The fourth-order valence-corrected chi connectivity index (χ4v) is 5.89. The molecule has 0 bridgehead atoms. The number of carbonyl (C=O) groups is 1. The lowest BCUT2D eigenvalue weighted by molar-refractivity contribution is 0.0956. The van der Waals surface area contributed by atoms with Gasteiger partial charge in [0.15, 0.2) is 5.76 Å². The Hall–Kier alpha value is -4.49. The van der Waals surface area contributed by atoms with E-state index in [1.54, 1.807) is 12.1 Å². The Labute approximate surface area is 266 Å². The van der Waals surface area contributed by atoms with Crippen LogP contribution in [0.1, 0.15) is 65.0 Å². The molecular weight excluding hydrogens is 580 g/mol. The van der Waals surface area contributed by atoms with Gasteiger partial charge in [-0.05, 0) is 70.3 Å². The molecule has 232 valence electrons. The van der Waals surface area contributed by atoms with E-state index in [9.17, 15) is 13.2 Å². The normalized spacial score (nSPS) is 12.6. The lowest BCUT2D eigenvalue weighted by Crippen LogP contribution is -2.28. The number of aryl methyl sites for hydroxylation is 1. The van der Waals surface area contributed by atoms with Gasteiger partial charge in [0, 0.05) is 35.9 Å². The van der Waals surface area contributed by atoms with E-state index in [1.807, 2.05) is 36.4 Å². The van der Waals surface area contributed by atoms with Crippen molar-refractivity contribution in [2.45, 2.75) is 45.4 Å². The average Bonchev–Trinajstić information content (AvgIpc) is 3.50. The van der Waals surface area contributed by atoms with Crippen LogP contribution < -0.4 is 5.32 Å². The summed E-state index contributed by atoms with van der Waals surface area (Å²) >= 11 is 0. The number of nitrogens with one attached hydrogen (secondary N) is 1. The summed E-state index contributed by atoms with van der Waals surface area (Å²) < 4.78 is 28.8. The molecule has 0 saturated carbocycles. The Bertz CT molecular complexity index is 1880. The number of rotatable bonds is 10. The van der Waals surface area contributed by atoms with Crippen molar-refractivity contribution in [1.29, 1.82) is 0 Å². The number of hydrogen-bond acceptors (Lipinski definition) is 5. The minimum atomic E-state index is -3.15. The number of aromatic nitrogens is 1. The molecule has 0 spiro atoms. The van der Waals surface area contributed by atoms with E-state index >= 15 is 0 Å². The van der Waals surface area contributed by atoms with Gasteiger partial charge in [-0.15, -0.1) is 0 Å². The van der Waals surface area contributed by atoms with Crippen molar-refractivity contribution in [3.05, 3.63) is 137 Å². The summed E-state index contributed by atoms with van der Waals surface area (Å²) in [6.45, 7) is 8.80. The van der Waals surface area contributed by atoms with Gasteiger partial charge in [-0.1, -0.05) is 105 Å². The third-order valence-corrected chi connectivity index (χ3v) is 9.03. The third kappa shape index (κ3) is 8.17. The molecule has 0 radical (unpaired) electrons. The van der Waals surface area contributed by atoms with Crippen molar-refractivity contribution >= 4 is 15.7 Å². The van der Waals surface area contributed by atoms with Crippen molar-refractivity contribution < 1.29 is 17.7 Å². The van der Waals surface area contributed by atoms with Gasteiger partial charge in [0.05, 0.1) is 11.4 Å². The standard InChI is InChI=1S/C38H40N2O4S/c1-26-9-6-7-12-33(26)30-10-8-11-31(24-30)36-25-35(40-44-36)34(28-17-19-32(20-18-28)38(2,3)4)23-27-13-15-29(16-14-27)37(41)39-21-22-45(5,42)43/h6-20,24-25,34H,21-23H2,1-5H3,(H,39,41). The Balaban J connectivity index is 1.42. The van der Waals surface area contributed by atoms with E-state index in [4.69, 9.17) is 4.52 Å². The summed E-state index contributed by atoms with van der Waals surface area (Å²) in [5.41, 5.74) is 9.25. The van der Waals surface area contributed by atoms with Crippen molar-refractivity contribution in [3.63, 3.8) is 0 Å². The molecule has 7 heteroatoms. The fourth-order valence-electron chi connectivity index (χ4n) is 5.41. The Morgan fingerprint density at radius 1 is 0.867 bits per heavy atom. The maximum Gasteiger partial charge on any atom is 0.251 e. The van der Waals surface area contributed by atoms with Gasteiger partial charge in [-0.2, -0.15) is 0 Å². The second kappa shape index (κ2) is 13.2. The lowest BCUT2D eigenvalue weighted by Gasteiger charge is -2.21.